The van der Waals surface area contributed by atoms with Crippen LogP contribution in [0, 0.1) is 13.8 Å². The van der Waals surface area contributed by atoms with E-state index in [1.807, 2.05) is 34.6 Å². The molecule has 0 fully saturated rings. The van der Waals surface area contributed by atoms with Crippen molar-refractivity contribution >= 4 is 39.2 Å². The summed E-state index contributed by atoms with van der Waals surface area (Å²) < 4.78 is 7.11. The van der Waals surface area contributed by atoms with E-state index in [1.54, 1.807) is 4.57 Å². The van der Waals surface area contributed by atoms with Gasteiger partial charge < -0.3 is 10.1 Å². The van der Waals surface area contributed by atoms with Crippen LogP contribution in [0.15, 0.2) is 9.95 Å². The molecular formula is C19H29N3O3S2. The van der Waals surface area contributed by atoms with Gasteiger partial charge in [0.2, 0.25) is 5.91 Å². The van der Waals surface area contributed by atoms with Crippen molar-refractivity contribution in [3.05, 3.63) is 20.8 Å². The van der Waals surface area contributed by atoms with Crippen molar-refractivity contribution in [2.45, 2.75) is 64.4 Å². The number of hydrogen-bond acceptors (Lipinski definition) is 6. The largest absolute Gasteiger partial charge is 0.382 e. The van der Waals surface area contributed by atoms with Crippen LogP contribution < -0.4 is 10.9 Å². The van der Waals surface area contributed by atoms with E-state index in [0.29, 0.717) is 36.8 Å². The first kappa shape index (κ1) is 21.9. The molecule has 1 amide bonds. The Bertz CT molecular complexity index is 845. The van der Waals surface area contributed by atoms with Crippen LogP contribution in [0.2, 0.25) is 0 Å². The van der Waals surface area contributed by atoms with Gasteiger partial charge in [0.1, 0.15) is 4.83 Å². The van der Waals surface area contributed by atoms with Gasteiger partial charge in [-0.3, -0.25) is 14.2 Å². The standard InChI is InChI=1S/C19H29N3O3S2/c1-6-9-20-16(23)14(5)27-19-21-17-15(12(3)13(4)26-17)18(24)22(19)10-8-11-25-7-2/h14H,6-11H2,1-5H3,(H,20,23)/t14-/m0/s1. The third-order valence-corrected chi connectivity index (χ3v) is 6.52. The van der Waals surface area contributed by atoms with E-state index >= 15 is 0 Å². The molecule has 0 aliphatic heterocycles. The van der Waals surface area contributed by atoms with Crippen molar-refractivity contribution in [1.82, 2.24) is 14.9 Å². The van der Waals surface area contributed by atoms with Crippen LogP contribution in [0.5, 0.6) is 0 Å². The Morgan fingerprint density at radius 3 is 2.78 bits per heavy atom. The van der Waals surface area contributed by atoms with Crippen molar-refractivity contribution < 1.29 is 9.53 Å². The van der Waals surface area contributed by atoms with Crippen LogP contribution in [-0.2, 0) is 16.1 Å². The van der Waals surface area contributed by atoms with E-state index < -0.39 is 0 Å². The van der Waals surface area contributed by atoms with Gasteiger partial charge in [-0.25, -0.2) is 4.98 Å². The SMILES string of the molecule is CCCNC(=O)[C@H](C)Sc1nc2sc(C)c(C)c2c(=O)n1CCCOCC. The Balaban J connectivity index is 2.36. The summed E-state index contributed by atoms with van der Waals surface area (Å²) in [4.78, 5) is 32.0. The minimum Gasteiger partial charge on any atom is -0.382 e. The summed E-state index contributed by atoms with van der Waals surface area (Å²) in [5.74, 6) is -0.0318. The molecule has 0 spiro atoms. The number of nitrogens with one attached hydrogen (secondary N) is 1. The number of thioether (sulfide) groups is 1. The minimum absolute atomic E-state index is 0.0259. The van der Waals surface area contributed by atoms with E-state index in [-0.39, 0.29) is 16.7 Å². The van der Waals surface area contributed by atoms with Gasteiger partial charge >= 0.3 is 0 Å². The second-order valence-electron chi connectivity index (χ2n) is 6.42. The number of carbonyl (C=O) groups is 1. The zero-order chi connectivity index (χ0) is 20.0. The van der Waals surface area contributed by atoms with E-state index in [2.05, 4.69) is 5.32 Å². The van der Waals surface area contributed by atoms with E-state index in [4.69, 9.17) is 9.72 Å². The lowest BCUT2D eigenvalue weighted by Gasteiger charge is -2.15. The molecule has 2 heterocycles. The number of carbonyl (C=O) groups excluding carboxylic acids is 1. The highest BCUT2D eigenvalue weighted by Gasteiger charge is 2.21. The Kier molecular flexibility index (Phi) is 8.31. The normalized spacial score (nSPS) is 12.5. The number of fused-ring (bicyclic) bond motifs is 1. The molecule has 150 valence electrons. The lowest BCUT2D eigenvalue weighted by Crippen LogP contribution is -2.32. The number of thiophene rings is 1. The van der Waals surface area contributed by atoms with Gasteiger partial charge in [-0.15, -0.1) is 11.3 Å². The first-order chi connectivity index (χ1) is 12.9. The number of nitrogens with zero attached hydrogens (tertiary/aromatic N) is 2. The molecule has 0 aliphatic carbocycles. The molecule has 2 aromatic heterocycles. The van der Waals surface area contributed by atoms with Crippen LogP contribution in [-0.4, -0.2) is 40.5 Å². The summed E-state index contributed by atoms with van der Waals surface area (Å²) in [5, 5.41) is 3.88. The molecule has 0 radical (unpaired) electrons. The molecule has 0 aliphatic rings. The average Bonchev–Trinajstić information content (AvgIpc) is 2.92. The van der Waals surface area contributed by atoms with Crippen molar-refractivity contribution in [3.63, 3.8) is 0 Å². The second-order valence-corrected chi connectivity index (χ2v) is 8.93. The number of hydrogen-bond donors (Lipinski definition) is 1. The minimum atomic E-state index is -0.318. The Hall–Kier alpha value is -1.38. The first-order valence-corrected chi connectivity index (χ1v) is 11.1. The van der Waals surface area contributed by atoms with E-state index in [1.165, 1.54) is 23.1 Å². The van der Waals surface area contributed by atoms with E-state index in [0.717, 1.165) is 28.1 Å². The van der Waals surface area contributed by atoms with Gasteiger partial charge in [-0.05, 0) is 46.1 Å². The number of rotatable bonds is 10. The van der Waals surface area contributed by atoms with E-state index in [9.17, 15) is 9.59 Å². The summed E-state index contributed by atoms with van der Waals surface area (Å²) >= 11 is 2.88. The van der Waals surface area contributed by atoms with Gasteiger partial charge in [-0.2, -0.15) is 0 Å². The smallest absolute Gasteiger partial charge is 0.263 e. The highest BCUT2D eigenvalue weighted by atomic mass is 32.2. The van der Waals surface area contributed by atoms with Gasteiger partial charge in [0.15, 0.2) is 5.16 Å². The topological polar surface area (TPSA) is 73.2 Å². The maximum atomic E-state index is 13.1. The molecule has 0 saturated heterocycles. The van der Waals surface area contributed by atoms with Crippen LogP contribution in [0.1, 0.15) is 44.1 Å². The first-order valence-electron chi connectivity index (χ1n) is 9.43. The summed E-state index contributed by atoms with van der Waals surface area (Å²) in [6.45, 7) is 12.2. The zero-order valence-electron chi connectivity index (χ0n) is 16.8. The summed E-state index contributed by atoms with van der Waals surface area (Å²) in [7, 11) is 0. The van der Waals surface area contributed by atoms with Crippen molar-refractivity contribution in [2.75, 3.05) is 19.8 Å². The van der Waals surface area contributed by atoms with Gasteiger partial charge in [0.05, 0.1) is 10.6 Å². The average molecular weight is 412 g/mol. The number of aromatic nitrogens is 2. The molecule has 0 aromatic carbocycles. The zero-order valence-corrected chi connectivity index (χ0v) is 18.4. The Labute approximate surface area is 168 Å². The fourth-order valence-corrected chi connectivity index (χ4v) is 4.70. The second kappa shape index (κ2) is 10.2. The lowest BCUT2D eigenvalue weighted by molar-refractivity contribution is -0.120. The molecule has 0 bridgehead atoms. The molecule has 27 heavy (non-hydrogen) atoms. The predicted octanol–water partition coefficient (Wildman–Crippen LogP) is 3.51. The molecule has 0 saturated carbocycles. The molecule has 0 unspecified atom stereocenters. The highest BCUT2D eigenvalue weighted by Crippen LogP contribution is 2.29. The summed E-state index contributed by atoms with van der Waals surface area (Å²) in [6.07, 6.45) is 1.62. The Morgan fingerprint density at radius 1 is 1.37 bits per heavy atom. The number of aryl methyl sites for hydroxylation is 2. The molecule has 2 rings (SSSR count). The van der Waals surface area contributed by atoms with Crippen LogP contribution in [0.25, 0.3) is 10.2 Å². The Morgan fingerprint density at radius 2 is 2.11 bits per heavy atom. The molecule has 6 nitrogen and oxygen atoms in total. The van der Waals surface area contributed by atoms with Crippen LogP contribution in [0.4, 0.5) is 0 Å². The fraction of sp³-hybridized carbons (Fsp3) is 0.632. The maximum absolute atomic E-state index is 13.1. The maximum Gasteiger partial charge on any atom is 0.263 e. The molecular weight excluding hydrogens is 382 g/mol. The fourth-order valence-electron chi connectivity index (χ4n) is 2.67. The van der Waals surface area contributed by atoms with Gasteiger partial charge in [0, 0.05) is 31.2 Å². The molecule has 2 aromatic rings. The lowest BCUT2D eigenvalue weighted by atomic mass is 10.2. The summed E-state index contributed by atoms with van der Waals surface area (Å²) in [5.41, 5.74) is 0.971. The van der Waals surface area contributed by atoms with Crippen molar-refractivity contribution in [2.24, 2.45) is 0 Å². The quantitative estimate of drug-likeness (QED) is 0.368. The summed E-state index contributed by atoms with van der Waals surface area (Å²) in [6, 6.07) is 0. The molecule has 1 N–H and O–H groups in total. The van der Waals surface area contributed by atoms with Crippen LogP contribution in [0.3, 0.4) is 0 Å². The van der Waals surface area contributed by atoms with Gasteiger partial charge in [-0.1, -0.05) is 18.7 Å². The third-order valence-electron chi connectivity index (χ3n) is 4.33. The molecule has 8 heteroatoms. The van der Waals surface area contributed by atoms with Crippen molar-refractivity contribution in [3.8, 4) is 0 Å². The molecule has 1 atom stereocenters. The van der Waals surface area contributed by atoms with Gasteiger partial charge in [0.25, 0.3) is 5.56 Å². The number of ether oxygens (including phenoxy) is 1. The van der Waals surface area contributed by atoms with Crippen LogP contribution >= 0.6 is 23.1 Å². The van der Waals surface area contributed by atoms with Crippen molar-refractivity contribution in [1.29, 1.82) is 0 Å². The predicted molar refractivity (Wildman–Crippen MR) is 113 cm³/mol. The monoisotopic (exact) mass is 411 g/mol. The number of amides is 1. The highest BCUT2D eigenvalue weighted by molar-refractivity contribution is 8.00. The third kappa shape index (κ3) is 5.33.